The van der Waals surface area contributed by atoms with Gasteiger partial charge in [0, 0.05) is 12.0 Å². The largest absolute Gasteiger partial charge is 0.233 e. The van der Waals surface area contributed by atoms with Gasteiger partial charge in [0.1, 0.15) is 5.94 Å². The van der Waals surface area contributed by atoms with Gasteiger partial charge in [-0.25, -0.2) is 4.79 Å². The van der Waals surface area contributed by atoms with Crippen LogP contribution in [0, 0.1) is 6.92 Å². The minimum absolute atomic E-state index is 0.708. The quantitative estimate of drug-likeness (QED) is 0.547. The van der Waals surface area contributed by atoms with E-state index in [0.717, 1.165) is 16.7 Å². The SMILES string of the molecule is Cc1ccc2c(c1)C=CCC2=C=O. The Balaban J connectivity index is 2.67. The van der Waals surface area contributed by atoms with Gasteiger partial charge in [0.25, 0.3) is 0 Å². The summed E-state index contributed by atoms with van der Waals surface area (Å²) in [5, 5.41) is 0. The first-order chi connectivity index (χ1) is 6.31. The van der Waals surface area contributed by atoms with Crippen molar-refractivity contribution in [1.82, 2.24) is 0 Å². The molecule has 0 aliphatic heterocycles. The molecule has 0 fully saturated rings. The summed E-state index contributed by atoms with van der Waals surface area (Å²) in [6.07, 6.45) is 4.77. The van der Waals surface area contributed by atoms with E-state index >= 15 is 0 Å². The van der Waals surface area contributed by atoms with Crippen LogP contribution in [-0.2, 0) is 4.79 Å². The molecule has 0 amide bonds. The molecular weight excluding hydrogens is 160 g/mol. The monoisotopic (exact) mass is 170 g/mol. The van der Waals surface area contributed by atoms with Crippen molar-refractivity contribution in [3.05, 3.63) is 41.0 Å². The molecule has 1 aliphatic carbocycles. The van der Waals surface area contributed by atoms with Crippen LogP contribution in [0.3, 0.4) is 0 Å². The van der Waals surface area contributed by atoms with Crippen molar-refractivity contribution in [3.8, 4) is 0 Å². The third kappa shape index (κ3) is 1.34. The fourth-order valence-electron chi connectivity index (χ4n) is 1.61. The summed E-state index contributed by atoms with van der Waals surface area (Å²) in [5.41, 5.74) is 4.14. The highest BCUT2D eigenvalue weighted by Crippen LogP contribution is 2.27. The zero-order valence-electron chi connectivity index (χ0n) is 7.50. The lowest BCUT2D eigenvalue weighted by atomic mass is 9.92. The van der Waals surface area contributed by atoms with E-state index in [-0.39, 0.29) is 0 Å². The van der Waals surface area contributed by atoms with Crippen LogP contribution < -0.4 is 0 Å². The molecule has 0 heterocycles. The number of fused-ring (bicyclic) bond motifs is 1. The average Bonchev–Trinajstić information content (AvgIpc) is 2.16. The van der Waals surface area contributed by atoms with Crippen LogP contribution in [0.5, 0.6) is 0 Å². The van der Waals surface area contributed by atoms with Gasteiger partial charge >= 0.3 is 0 Å². The number of hydrogen-bond donors (Lipinski definition) is 0. The van der Waals surface area contributed by atoms with Gasteiger partial charge in [-0.15, -0.1) is 0 Å². The summed E-state index contributed by atoms with van der Waals surface area (Å²) in [6.45, 7) is 2.05. The van der Waals surface area contributed by atoms with Gasteiger partial charge in [0.2, 0.25) is 0 Å². The van der Waals surface area contributed by atoms with Crippen molar-refractivity contribution in [2.45, 2.75) is 13.3 Å². The van der Waals surface area contributed by atoms with Crippen LogP contribution in [0.2, 0.25) is 0 Å². The minimum Gasteiger partial charge on any atom is -0.233 e. The molecule has 0 atom stereocenters. The summed E-state index contributed by atoms with van der Waals surface area (Å²) in [4.78, 5) is 10.6. The molecule has 1 aromatic rings. The van der Waals surface area contributed by atoms with Crippen LogP contribution in [-0.4, -0.2) is 5.94 Å². The standard InChI is InChI=1S/C12H10O/c1-9-5-6-12-10(7-9)3-2-4-11(12)8-13/h2-3,5-7H,4H2,1H3. The maximum absolute atomic E-state index is 10.6. The Hall–Kier alpha value is -1.59. The van der Waals surface area contributed by atoms with Gasteiger partial charge in [0.15, 0.2) is 0 Å². The van der Waals surface area contributed by atoms with Gasteiger partial charge in [0.05, 0.1) is 0 Å². The fourth-order valence-corrected chi connectivity index (χ4v) is 1.61. The second-order valence-electron chi connectivity index (χ2n) is 3.28. The number of hydrogen-bond acceptors (Lipinski definition) is 1. The third-order valence-corrected chi connectivity index (χ3v) is 2.27. The summed E-state index contributed by atoms with van der Waals surface area (Å²) in [6, 6.07) is 6.10. The predicted molar refractivity (Wildman–Crippen MR) is 53.9 cm³/mol. The van der Waals surface area contributed by atoms with Crippen molar-refractivity contribution in [3.63, 3.8) is 0 Å². The van der Waals surface area contributed by atoms with Crippen molar-refractivity contribution in [2.24, 2.45) is 0 Å². The van der Waals surface area contributed by atoms with Crippen molar-refractivity contribution in [1.29, 1.82) is 0 Å². The van der Waals surface area contributed by atoms with Gasteiger partial charge in [-0.3, -0.25) is 0 Å². The first-order valence-electron chi connectivity index (χ1n) is 4.33. The summed E-state index contributed by atoms with van der Waals surface area (Å²) in [7, 11) is 0. The highest BCUT2D eigenvalue weighted by atomic mass is 16.1. The smallest absolute Gasteiger partial charge is 0.128 e. The Labute approximate surface area is 77.4 Å². The molecule has 1 heteroatoms. The molecule has 0 saturated heterocycles. The topological polar surface area (TPSA) is 17.1 Å². The van der Waals surface area contributed by atoms with Gasteiger partial charge in [-0.05, 0) is 18.1 Å². The molecule has 1 aliphatic rings. The average molecular weight is 170 g/mol. The maximum atomic E-state index is 10.6. The van der Waals surface area contributed by atoms with E-state index in [4.69, 9.17) is 0 Å². The van der Waals surface area contributed by atoms with E-state index in [1.54, 1.807) is 0 Å². The Bertz CT molecular complexity index is 421. The summed E-state index contributed by atoms with van der Waals surface area (Å²) >= 11 is 0. The highest BCUT2D eigenvalue weighted by Gasteiger charge is 2.09. The van der Waals surface area contributed by atoms with E-state index in [1.165, 1.54) is 5.56 Å². The second kappa shape index (κ2) is 3.04. The first kappa shape index (κ1) is 8.03. The lowest BCUT2D eigenvalue weighted by Gasteiger charge is -2.11. The normalized spacial score (nSPS) is 13.8. The zero-order valence-corrected chi connectivity index (χ0v) is 7.50. The van der Waals surface area contributed by atoms with Gasteiger partial charge in [-0.2, -0.15) is 0 Å². The van der Waals surface area contributed by atoms with Crippen molar-refractivity contribution in [2.75, 3.05) is 0 Å². The van der Waals surface area contributed by atoms with E-state index in [2.05, 4.69) is 12.1 Å². The van der Waals surface area contributed by atoms with Crippen LogP contribution in [0.25, 0.3) is 11.6 Å². The van der Waals surface area contributed by atoms with Gasteiger partial charge < -0.3 is 0 Å². The Kier molecular flexibility index (Phi) is 1.88. The molecule has 0 bridgehead atoms. The molecule has 2 rings (SSSR count). The molecule has 0 N–H and O–H groups in total. The predicted octanol–water partition coefficient (Wildman–Crippen LogP) is 2.63. The van der Waals surface area contributed by atoms with Crippen molar-refractivity contribution < 1.29 is 4.79 Å². The van der Waals surface area contributed by atoms with Crippen LogP contribution >= 0.6 is 0 Å². The molecule has 0 saturated carbocycles. The molecule has 1 aromatic carbocycles. The van der Waals surface area contributed by atoms with E-state index in [0.29, 0.717) is 6.42 Å². The Morgan fingerprint density at radius 2 is 2.23 bits per heavy atom. The molecule has 0 unspecified atom stereocenters. The minimum atomic E-state index is 0.708. The van der Waals surface area contributed by atoms with Crippen LogP contribution in [0.15, 0.2) is 24.3 Å². The third-order valence-electron chi connectivity index (χ3n) is 2.27. The number of aryl methyl sites for hydroxylation is 1. The van der Waals surface area contributed by atoms with Crippen LogP contribution in [0.1, 0.15) is 23.1 Å². The number of rotatable bonds is 0. The molecule has 0 radical (unpaired) electrons. The molecular formula is C12H10O. The molecule has 64 valence electrons. The van der Waals surface area contributed by atoms with E-state index in [9.17, 15) is 4.79 Å². The molecule has 1 nitrogen and oxygen atoms in total. The lowest BCUT2D eigenvalue weighted by Crippen LogP contribution is -1.94. The summed E-state index contributed by atoms with van der Waals surface area (Å²) in [5.74, 6) is 1.99. The number of carbonyl (C=O) groups excluding carboxylic acids is 1. The highest BCUT2D eigenvalue weighted by molar-refractivity contribution is 5.93. The Morgan fingerprint density at radius 1 is 1.38 bits per heavy atom. The summed E-state index contributed by atoms with van der Waals surface area (Å²) < 4.78 is 0. The number of allylic oxidation sites excluding steroid dienone is 2. The maximum Gasteiger partial charge on any atom is 0.128 e. The molecule has 0 spiro atoms. The number of benzene rings is 1. The molecule has 13 heavy (non-hydrogen) atoms. The van der Waals surface area contributed by atoms with E-state index < -0.39 is 0 Å². The molecule has 0 aromatic heterocycles. The first-order valence-corrected chi connectivity index (χ1v) is 4.33. The van der Waals surface area contributed by atoms with Crippen LogP contribution in [0.4, 0.5) is 0 Å². The fraction of sp³-hybridized carbons (Fsp3) is 0.167. The van der Waals surface area contributed by atoms with E-state index in [1.807, 2.05) is 31.1 Å². The zero-order chi connectivity index (χ0) is 9.26. The second-order valence-corrected chi connectivity index (χ2v) is 3.28. The van der Waals surface area contributed by atoms with Gasteiger partial charge in [-0.1, -0.05) is 35.9 Å². The lowest BCUT2D eigenvalue weighted by molar-refractivity contribution is 0.569. The van der Waals surface area contributed by atoms with Crippen molar-refractivity contribution >= 4 is 17.6 Å². The Morgan fingerprint density at radius 3 is 3.00 bits per heavy atom.